The van der Waals surface area contributed by atoms with Gasteiger partial charge < -0.3 is 15.0 Å². The predicted octanol–water partition coefficient (Wildman–Crippen LogP) is 3.97. The van der Waals surface area contributed by atoms with Gasteiger partial charge in [0.1, 0.15) is 11.8 Å². The summed E-state index contributed by atoms with van der Waals surface area (Å²) in [5, 5.41) is 3.24. The third kappa shape index (κ3) is 6.57. The van der Waals surface area contributed by atoms with Gasteiger partial charge >= 0.3 is 0 Å². The van der Waals surface area contributed by atoms with E-state index < -0.39 is 6.04 Å². The van der Waals surface area contributed by atoms with Crippen LogP contribution in [0.1, 0.15) is 30.9 Å². The Morgan fingerprint density at radius 2 is 1.75 bits per heavy atom. The number of likely N-dealkylation sites (N-methyl/N-ethyl adjacent to an activating group) is 1. The number of hydrogen-bond donors (Lipinski definition) is 1. The van der Waals surface area contributed by atoms with Crippen molar-refractivity contribution >= 4 is 23.4 Å². The molecule has 6 heteroatoms. The van der Waals surface area contributed by atoms with E-state index in [1.54, 1.807) is 31.0 Å². The molecule has 150 valence electrons. The van der Waals surface area contributed by atoms with Gasteiger partial charge in [-0.3, -0.25) is 9.59 Å². The predicted molar refractivity (Wildman–Crippen MR) is 111 cm³/mol. The van der Waals surface area contributed by atoms with Crippen LogP contribution in [0.5, 0.6) is 5.75 Å². The molecule has 0 saturated carbocycles. The minimum Gasteiger partial charge on any atom is -0.494 e. The molecule has 0 saturated heterocycles. The lowest BCUT2D eigenvalue weighted by Gasteiger charge is -2.28. The summed E-state index contributed by atoms with van der Waals surface area (Å²) in [5.74, 6) is 0.506. The number of aryl methyl sites for hydroxylation is 1. The maximum atomic E-state index is 12.8. The van der Waals surface area contributed by atoms with Crippen molar-refractivity contribution in [1.29, 1.82) is 0 Å². The first-order chi connectivity index (χ1) is 13.4. The molecule has 0 spiro atoms. The van der Waals surface area contributed by atoms with Crippen LogP contribution in [-0.2, 0) is 16.1 Å². The molecule has 2 aromatic rings. The fraction of sp³-hybridized carbons (Fsp3) is 0.364. The van der Waals surface area contributed by atoms with Gasteiger partial charge in [-0.05, 0) is 50.1 Å². The molecule has 0 aliphatic rings. The fourth-order valence-corrected chi connectivity index (χ4v) is 2.90. The highest BCUT2D eigenvalue weighted by Gasteiger charge is 2.25. The van der Waals surface area contributed by atoms with E-state index in [0.29, 0.717) is 31.0 Å². The lowest BCUT2D eigenvalue weighted by molar-refractivity contribution is -0.140. The lowest BCUT2D eigenvalue weighted by atomic mass is 10.1. The van der Waals surface area contributed by atoms with Crippen LogP contribution in [0.25, 0.3) is 0 Å². The van der Waals surface area contributed by atoms with Crippen LogP contribution >= 0.6 is 11.6 Å². The molecule has 5 nitrogen and oxygen atoms in total. The third-order valence-corrected chi connectivity index (χ3v) is 4.76. The minimum atomic E-state index is -0.564. The Bertz CT molecular complexity index is 775. The summed E-state index contributed by atoms with van der Waals surface area (Å²) < 4.78 is 5.69. The Morgan fingerprint density at radius 3 is 2.36 bits per heavy atom. The van der Waals surface area contributed by atoms with Gasteiger partial charge in [-0.25, -0.2) is 0 Å². The van der Waals surface area contributed by atoms with Crippen molar-refractivity contribution in [2.45, 2.75) is 39.3 Å². The zero-order valence-corrected chi connectivity index (χ0v) is 17.3. The first kappa shape index (κ1) is 21.8. The summed E-state index contributed by atoms with van der Waals surface area (Å²) in [6.07, 6.45) is 0.880. The zero-order chi connectivity index (χ0) is 20.5. The van der Waals surface area contributed by atoms with E-state index in [1.165, 1.54) is 5.56 Å². The van der Waals surface area contributed by atoms with Crippen LogP contribution in [0.4, 0.5) is 0 Å². The number of amides is 2. The summed E-state index contributed by atoms with van der Waals surface area (Å²) >= 11 is 5.93. The molecule has 0 bridgehead atoms. The topological polar surface area (TPSA) is 58.6 Å². The number of halogens is 1. The van der Waals surface area contributed by atoms with E-state index in [9.17, 15) is 9.59 Å². The smallest absolute Gasteiger partial charge is 0.242 e. The Kier molecular flexibility index (Phi) is 8.33. The summed E-state index contributed by atoms with van der Waals surface area (Å²) in [7, 11) is 1.57. The maximum absolute atomic E-state index is 12.8. The highest BCUT2D eigenvalue weighted by atomic mass is 35.5. The average Bonchev–Trinajstić information content (AvgIpc) is 2.70. The number of nitrogens with one attached hydrogen (secondary N) is 1. The molecule has 0 aromatic heterocycles. The molecule has 0 unspecified atom stereocenters. The van der Waals surface area contributed by atoms with Crippen molar-refractivity contribution in [2.75, 3.05) is 13.7 Å². The van der Waals surface area contributed by atoms with Crippen molar-refractivity contribution in [3.05, 3.63) is 64.7 Å². The first-order valence-electron chi connectivity index (χ1n) is 9.35. The summed E-state index contributed by atoms with van der Waals surface area (Å²) in [6, 6.07) is 14.5. The van der Waals surface area contributed by atoms with Crippen molar-refractivity contribution < 1.29 is 14.3 Å². The van der Waals surface area contributed by atoms with Crippen LogP contribution < -0.4 is 10.1 Å². The van der Waals surface area contributed by atoms with E-state index >= 15 is 0 Å². The molecule has 2 rings (SSSR count). The summed E-state index contributed by atoms with van der Waals surface area (Å²) in [4.78, 5) is 26.5. The van der Waals surface area contributed by atoms with Crippen LogP contribution in [-0.4, -0.2) is 36.4 Å². The lowest BCUT2D eigenvalue weighted by Crippen LogP contribution is -2.46. The first-order valence-corrected chi connectivity index (χ1v) is 9.73. The Morgan fingerprint density at radius 1 is 1.11 bits per heavy atom. The number of rotatable bonds is 9. The van der Waals surface area contributed by atoms with Crippen LogP contribution in [0.15, 0.2) is 48.5 Å². The van der Waals surface area contributed by atoms with Gasteiger partial charge in [-0.2, -0.15) is 0 Å². The summed E-state index contributed by atoms with van der Waals surface area (Å²) in [6.45, 7) is 4.54. The van der Waals surface area contributed by atoms with Crippen LogP contribution in [0.3, 0.4) is 0 Å². The molecule has 0 fully saturated rings. The fourth-order valence-electron chi connectivity index (χ4n) is 2.77. The number of hydrogen-bond acceptors (Lipinski definition) is 3. The summed E-state index contributed by atoms with van der Waals surface area (Å²) in [5.41, 5.74) is 2.09. The molecule has 0 aliphatic carbocycles. The SMILES string of the molecule is CNC(=O)[C@H](C)N(Cc1ccc(Cl)cc1)C(=O)CCCOc1ccc(C)cc1. The molecule has 0 radical (unpaired) electrons. The molecule has 1 N–H and O–H groups in total. The van der Waals surface area contributed by atoms with Gasteiger partial charge in [0, 0.05) is 25.0 Å². The van der Waals surface area contributed by atoms with E-state index in [1.807, 2.05) is 43.3 Å². The molecule has 2 aromatic carbocycles. The van der Waals surface area contributed by atoms with Crippen molar-refractivity contribution in [2.24, 2.45) is 0 Å². The van der Waals surface area contributed by atoms with E-state index in [-0.39, 0.29) is 11.8 Å². The van der Waals surface area contributed by atoms with Crippen LogP contribution in [0.2, 0.25) is 5.02 Å². The monoisotopic (exact) mass is 402 g/mol. The standard InChI is InChI=1S/C22H27ClN2O3/c1-16-6-12-20(13-7-16)28-14-4-5-21(26)25(17(2)22(27)24-3)15-18-8-10-19(23)11-9-18/h6-13,17H,4-5,14-15H2,1-3H3,(H,24,27)/t17-/m0/s1. The van der Waals surface area contributed by atoms with Crippen molar-refractivity contribution in [1.82, 2.24) is 10.2 Å². The second kappa shape index (κ2) is 10.7. The Labute approximate surface area is 171 Å². The van der Waals surface area contributed by atoms with Crippen LogP contribution in [0, 0.1) is 6.92 Å². The van der Waals surface area contributed by atoms with Crippen molar-refractivity contribution in [3.8, 4) is 5.75 Å². The van der Waals surface area contributed by atoms with Gasteiger partial charge in [0.05, 0.1) is 6.61 Å². The second-order valence-corrected chi connectivity index (χ2v) is 7.14. The molecule has 1 atom stereocenters. The Balaban J connectivity index is 1.94. The van der Waals surface area contributed by atoms with Gasteiger partial charge in [0.25, 0.3) is 0 Å². The van der Waals surface area contributed by atoms with E-state index in [2.05, 4.69) is 5.32 Å². The van der Waals surface area contributed by atoms with Gasteiger partial charge in [0.2, 0.25) is 11.8 Å². The number of benzene rings is 2. The highest BCUT2D eigenvalue weighted by molar-refractivity contribution is 6.30. The van der Waals surface area contributed by atoms with Gasteiger partial charge in [0.15, 0.2) is 0 Å². The molecule has 28 heavy (non-hydrogen) atoms. The minimum absolute atomic E-state index is 0.0847. The van der Waals surface area contributed by atoms with Crippen molar-refractivity contribution in [3.63, 3.8) is 0 Å². The Hall–Kier alpha value is -2.53. The van der Waals surface area contributed by atoms with E-state index in [4.69, 9.17) is 16.3 Å². The third-order valence-electron chi connectivity index (χ3n) is 4.50. The average molecular weight is 403 g/mol. The number of carbonyl (C=O) groups excluding carboxylic acids is 2. The number of ether oxygens (including phenoxy) is 1. The zero-order valence-electron chi connectivity index (χ0n) is 16.6. The molecular formula is C22H27ClN2O3. The largest absolute Gasteiger partial charge is 0.494 e. The molecular weight excluding hydrogens is 376 g/mol. The second-order valence-electron chi connectivity index (χ2n) is 6.70. The molecule has 0 heterocycles. The normalized spacial score (nSPS) is 11.6. The molecule has 0 aliphatic heterocycles. The number of carbonyl (C=O) groups is 2. The maximum Gasteiger partial charge on any atom is 0.242 e. The van der Waals surface area contributed by atoms with E-state index in [0.717, 1.165) is 11.3 Å². The number of nitrogens with zero attached hydrogens (tertiary/aromatic N) is 1. The quantitative estimate of drug-likeness (QED) is 0.645. The van der Waals surface area contributed by atoms with Gasteiger partial charge in [-0.1, -0.05) is 41.4 Å². The molecule has 2 amide bonds. The van der Waals surface area contributed by atoms with Gasteiger partial charge in [-0.15, -0.1) is 0 Å². The highest BCUT2D eigenvalue weighted by Crippen LogP contribution is 2.16.